The molecule has 126 valence electrons. The van der Waals surface area contributed by atoms with Crippen LogP contribution in [0.3, 0.4) is 0 Å². The first-order valence-corrected chi connectivity index (χ1v) is 9.53. The Morgan fingerprint density at radius 2 is 1.87 bits per heavy atom. The Morgan fingerprint density at radius 1 is 1.22 bits per heavy atom. The van der Waals surface area contributed by atoms with Crippen LogP contribution in [0, 0.1) is 6.92 Å². The van der Waals surface area contributed by atoms with E-state index in [0.29, 0.717) is 0 Å². The lowest BCUT2D eigenvalue weighted by Gasteiger charge is -2.11. The van der Waals surface area contributed by atoms with Crippen molar-refractivity contribution < 1.29 is 13.2 Å². The van der Waals surface area contributed by atoms with E-state index in [9.17, 15) is 13.2 Å². The standard InChI is InChI=1S/C17H24N2O3S/c1-14-6-8-15(9-7-14)11-13-23(21,22)18-12-10-17(20)19-16-4-2-3-5-16/h6-9,11,13,16,18H,2-5,10,12H2,1H3,(H,19,20)/b13-11+. The molecule has 0 aromatic heterocycles. The summed E-state index contributed by atoms with van der Waals surface area (Å²) in [5.41, 5.74) is 1.94. The zero-order chi connectivity index (χ0) is 16.7. The molecule has 0 atom stereocenters. The summed E-state index contributed by atoms with van der Waals surface area (Å²) in [6.45, 7) is 2.08. The minimum absolute atomic E-state index is 0.0953. The van der Waals surface area contributed by atoms with E-state index in [-0.39, 0.29) is 24.9 Å². The summed E-state index contributed by atoms with van der Waals surface area (Å²) >= 11 is 0. The fourth-order valence-electron chi connectivity index (χ4n) is 2.57. The maximum absolute atomic E-state index is 11.9. The van der Waals surface area contributed by atoms with Crippen LogP contribution in [0.2, 0.25) is 0 Å². The lowest BCUT2D eigenvalue weighted by atomic mass is 10.2. The Hall–Kier alpha value is -1.66. The van der Waals surface area contributed by atoms with Gasteiger partial charge in [0.2, 0.25) is 15.9 Å². The summed E-state index contributed by atoms with van der Waals surface area (Å²) in [6.07, 6.45) is 6.06. The van der Waals surface area contributed by atoms with Gasteiger partial charge in [0.15, 0.2) is 0 Å². The third kappa shape index (κ3) is 6.54. The number of rotatable bonds is 7. The van der Waals surface area contributed by atoms with Gasteiger partial charge in [-0.2, -0.15) is 0 Å². The van der Waals surface area contributed by atoms with Gasteiger partial charge < -0.3 is 5.32 Å². The van der Waals surface area contributed by atoms with Crippen molar-refractivity contribution in [3.05, 3.63) is 40.8 Å². The van der Waals surface area contributed by atoms with E-state index >= 15 is 0 Å². The molecular weight excluding hydrogens is 312 g/mol. The number of aryl methyl sites for hydroxylation is 1. The van der Waals surface area contributed by atoms with E-state index < -0.39 is 10.0 Å². The Balaban J connectivity index is 1.74. The molecule has 5 nitrogen and oxygen atoms in total. The molecule has 1 aromatic carbocycles. The second kappa shape index (κ2) is 8.26. The lowest BCUT2D eigenvalue weighted by molar-refractivity contribution is -0.121. The first kappa shape index (κ1) is 17.7. The molecule has 1 aromatic rings. The molecule has 1 saturated carbocycles. The van der Waals surface area contributed by atoms with Gasteiger partial charge >= 0.3 is 0 Å². The van der Waals surface area contributed by atoms with E-state index in [2.05, 4.69) is 10.0 Å². The molecular formula is C17H24N2O3S. The van der Waals surface area contributed by atoms with Gasteiger partial charge in [-0.3, -0.25) is 4.79 Å². The smallest absolute Gasteiger partial charge is 0.233 e. The largest absolute Gasteiger partial charge is 0.353 e. The summed E-state index contributed by atoms with van der Waals surface area (Å²) in [4.78, 5) is 11.7. The normalized spacial score (nSPS) is 16.0. The Kier molecular flexibility index (Phi) is 6.36. The first-order chi connectivity index (χ1) is 10.9. The molecule has 1 fully saturated rings. The number of benzene rings is 1. The highest BCUT2D eigenvalue weighted by molar-refractivity contribution is 7.92. The molecule has 0 spiro atoms. The third-order valence-electron chi connectivity index (χ3n) is 3.89. The predicted molar refractivity (Wildman–Crippen MR) is 92.2 cm³/mol. The lowest BCUT2D eigenvalue weighted by Crippen LogP contribution is -2.35. The van der Waals surface area contributed by atoms with E-state index in [1.54, 1.807) is 6.08 Å². The van der Waals surface area contributed by atoms with E-state index in [1.165, 1.54) is 0 Å². The van der Waals surface area contributed by atoms with Crippen molar-refractivity contribution in [1.82, 2.24) is 10.0 Å². The van der Waals surface area contributed by atoms with Gasteiger partial charge in [0.1, 0.15) is 0 Å². The molecule has 1 aliphatic rings. The minimum Gasteiger partial charge on any atom is -0.353 e. The second-order valence-electron chi connectivity index (χ2n) is 5.95. The first-order valence-electron chi connectivity index (χ1n) is 7.98. The molecule has 1 aliphatic carbocycles. The number of amides is 1. The van der Waals surface area contributed by atoms with E-state index in [1.807, 2.05) is 31.2 Å². The SMILES string of the molecule is Cc1ccc(/C=C/S(=O)(=O)NCCC(=O)NC2CCCC2)cc1. The number of hydrogen-bond acceptors (Lipinski definition) is 3. The van der Waals surface area contributed by atoms with E-state index in [0.717, 1.165) is 42.2 Å². The molecule has 6 heteroatoms. The average Bonchev–Trinajstić information content (AvgIpc) is 2.99. The van der Waals surface area contributed by atoms with Crippen molar-refractivity contribution in [2.75, 3.05) is 6.54 Å². The Labute approximate surface area is 138 Å². The maximum atomic E-state index is 11.9. The molecule has 2 N–H and O–H groups in total. The van der Waals surface area contributed by atoms with Crippen molar-refractivity contribution in [1.29, 1.82) is 0 Å². The number of nitrogens with one attached hydrogen (secondary N) is 2. The van der Waals surface area contributed by atoms with Crippen LogP contribution in [0.5, 0.6) is 0 Å². The molecule has 0 aliphatic heterocycles. The molecule has 1 amide bonds. The van der Waals surface area contributed by atoms with Gasteiger partial charge in [0.25, 0.3) is 0 Å². The van der Waals surface area contributed by atoms with Gasteiger partial charge in [-0.05, 0) is 31.4 Å². The molecule has 0 unspecified atom stereocenters. The molecule has 0 radical (unpaired) electrons. The summed E-state index contributed by atoms with van der Waals surface area (Å²) in [6, 6.07) is 7.83. The average molecular weight is 336 g/mol. The van der Waals surface area contributed by atoms with Crippen LogP contribution in [0.1, 0.15) is 43.2 Å². The van der Waals surface area contributed by atoms with Crippen LogP contribution in [0.4, 0.5) is 0 Å². The van der Waals surface area contributed by atoms with Crippen molar-refractivity contribution in [3.63, 3.8) is 0 Å². The van der Waals surface area contributed by atoms with Crippen molar-refractivity contribution >= 4 is 22.0 Å². The molecule has 2 rings (SSSR count). The molecule has 23 heavy (non-hydrogen) atoms. The monoisotopic (exact) mass is 336 g/mol. The highest BCUT2D eigenvalue weighted by Gasteiger charge is 2.17. The summed E-state index contributed by atoms with van der Waals surface area (Å²) in [7, 11) is -3.52. The molecule has 0 heterocycles. The summed E-state index contributed by atoms with van der Waals surface area (Å²) in [5.74, 6) is -0.0953. The van der Waals surface area contributed by atoms with Crippen LogP contribution < -0.4 is 10.0 Å². The highest BCUT2D eigenvalue weighted by Crippen LogP contribution is 2.17. The van der Waals surface area contributed by atoms with Crippen LogP contribution in [-0.4, -0.2) is 26.9 Å². The van der Waals surface area contributed by atoms with Gasteiger partial charge in [-0.1, -0.05) is 42.7 Å². The number of carbonyl (C=O) groups is 1. The van der Waals surface area contributed by atoms with Gasteiger partial charge in [-0.25, -0.2) is 13.1 Å². The van der Waals surface area contributed by atoms with Crippen molar-refractivity contribution in [2.24, 2.45) is 0 Å². The Bertz CT molecular complexity index is 645. The van der Waals surface area contributed by atoms with Crippen LogP contribution in [-0.2, 0) is 14.8 Å². The zero-order valence-electron chi connectivity index (χ0n) is 13.4. The van der Waals surface area contributed by atoms with Gasteiger partial charge in [0, 0.05) is 24.4 Å². The zero-order valence-corrected chi connectivity index (χ0v) is 14.2. The molecule has 0 saturated heterocycles. The fraction of sp³-hybridized carbons (Fsp3) is 0.471. The van der Waals surface area contributed by atoms with E-state index in [4.69, 9.17) is 0 Å². The van der Waals surface area contributed by atoms with Gasteiger partial charge in [-0.15, -0.1) is 0 Å². The Morgan fingerprint density at radius 3 is 2.52 bits per heavy atom. The highest BCUT2D eigenvalue weighted by atomic mass is 32.2. The third-order valence-corrected chi connectivity index (χ3v) is 4.99. The minimum atomic E-state index is -3.52. The van der Waals surface area contributed by atoms with Crippen LogP contribution >= 0.6 is 0 Å². The van der Waals surface area contributed by atoms with Crippen LogP contribution in [0.15, 0.2) is 29.7 Å². The van der Waals surface area contributed by atoms with Crippen molar-refractivity contribution in [2.45, 2.75) is 45.1 Å². The fourth-order valence-corrected chi connectivity index (χ4v) is 3.39. The quantitative estimate of drug-likeness (QED) is 0.802. The predicted octanol–water partition coefficient (Wildman–Crippen LogP) is 2.33. The summed E-state index contributed by atoms with van der Waals surface area (Å²) in [5, 5.41) is 4.07. The van der Waals surface area contributed by atoms with Gasteiger partial charge in [0.05, 0.1) is 0 Å². The molecule has 0 bridgehead atoms. The number of sulfonamides is 1. The second-order valence-corrected chi connectivity index (χ2v) is 7.60. The number of hydrogen-bond donors (Lipinski definition) is 2. The number of carbonyl (C=O) groups excluding carboxylic acids is 1. The summed E-state index contributed by atoms with van der Waals surface area (Å²) < 4.78 is 26.2. The topological polar surface area (TPSA) is 75.3 Å². The maximum Gasteiger partial charge on any atom is 0.233 e. The van der Waals surface area contributed by atoms with Crippen molar-refractivity contribution in [3.8, 4) is 0 Å². The van der Waals surface area contributed by atoms with Crippen LogP contribution in [0.25, 0.3) is 6.08 Å².